The van der Waals surface area contributed by atoms with Crippen molar-refractivity contribution < 1.29 is 5.11 Å². The predicted octanol–water partition coefficient (Wildman–Crippen LogP) is 0.0142. The average molecular weight is 168 g/mol. The Bertz CT molecular complexity index is 295. The number of hydrogen-bond acceptors (Lipinski definition) is 3. The molecule has 12 heavy (non-hydrogen) atoms. The Morgan fingerprint density at radius 1 is 1.75 bits per heavy atom. The van der Waals surface area contributed by atoms with E-state index in [9.17, 15) is 9.90 Å². The van der Waals surface area contributed by atoms with Gasteiger partial charge < -0.3 is 5.11 Å². The molecule has 1 aromatic heterocycles. The van der Waals surface area contributed by atoms with Crippen LogP contribution in [0.2, 0.25) is 0 Å². The second-order valence-electron chi connectivity index (χ2n) is 2.63. The van der Waals surface area contributed by atoms with Crippen LogP contribution in [0.25, 0.3) is 0 Å². The van der Waals surface area contributed by atoms with Crippen molar-refractivity contribution in [2.45, 2.75) is 26.0 Å². The van der Waals surface area contributed by atoms with E-state index in [0.717, 1.165) is 0 Å². The first-order valence-corrected chi connectivity index (χ1v) is 3.92. The van der Waals surface area contributed by atoms with Crippen LogP contribution < -0.4 is 5.56 Å². The van der Waals surface area contributed by atoms with Crippen LogP contribution in [0.5, 0.6) is 0 Å². The van der Waals surface area contributed by atoms with Gasteiger partial charge in [-0.25, -0.2) is 4.98 Å². The monoisotopic (exact) mass is 168 g/mol. The van der Waals surface area contributed by atoms with E-state index in [1.165, 1.54) is 23.2 Å². The minimum absolute atomic E-state index is 0.127. The van der Waals surface area contributed by atoms with Gasteiger partial charge in [-0.1, -0.05) is 6.92 Å². The molecule has 1 heterocycles. The maximum atomic E-state index is 11.1. The molecule has 1 aromatic rings. The van der Waals surface area contributed by atoms with E-state index < -0.39 is 6.10 Å². The zero-order valence-electron chi connectivity index (χ0n) is 6.97. The summed E-state index contributed by atoms with van der Waals surface area (Å²) in [4.78, 5) is 14.9. The van der Waals surface area contributed by atoms with Gasteiger partial charge in [-0.05, 0) is 6.42 Å². The molecule has 0 amide bonds. The summed E-state index contributed by atoms with van der Waals surface area (Å²) in [5, 5.41) is 9.25. The molecule has 4 heteroatoms. The largest absolute Gasteiger partial charge is 0.391 e. The summed E-state index contributed by atoms with van der Waals surface area (Å²) in [7, 11) is 0. The molecule has 0 aliphatic carbocycles. The van der Waals surface area contributed by atoms with Crippen LogP contribution >= 0.6 is 0 Å². The molecule has 1 atom stereocenters. The van der Waals surface area contributed by atoms with Crippen molar-refractivity contribution >= 4 is 0 Å². The fourth-order valence-corrected chi connectivity index (χ4v) is 0.872. The Hall–Kier alpha value is -1.16. The number of aromatic nitrogens is 2. The van der Waals surface area contributed by atoms with Crippen molar-refractivity contribution in [1.82, 2.24) is 9.55 Å². The van der Waals surface area contributed by atoms with Crippen LogP contribution in [0.3, 0.4) is 0 Å². The van der Waals surface area contributed by atoms with Gasteiger partial charge in [0.25, 0.3) is 5.56 Å². The van der Waals surface area contributed by atoms with Crippen LogP contribution in [0.1, 0.15) is 13.3 Å². The highest BCUT2D eigenvalue weighted by atomic mass is 16.3. The first-order valence-electron chi connectivity index (χ1n) is 3.92. The van der Waals surface area contributed by atoms with Crippen molar-refractivity contribution in [3.63, 3.8) is 0 Å². The maximum absolute atomic E-state index is 11.1. The zero-order chi connectivity index (χ0) is 8.97. The summed E-state index contributed by atoms with van der Waals surface area (Å²) < 4.78 is 1.40. The van der Waals surface area contributed by atoms with E-state index in [1.807, 2.05) is 6.92 Å². The van der Waals surface area contributed by atoms with Gasteiger partial charge in [-0.15, -0.1) is 0 Å². The normalized spacial score (nSPS) is 12.8. The fourth-order valence-electron chi connectivity index (χ4n) is 0.872. The summed E-state index contributed by atoms with van der Waals surface area (Å²) in [6, 6.07) is 1.38. The third kappa shape index (κ3) is 2.17. The van der Waals surface area contributed by atoms with Crippen LogP contribution in [0, 0.1) is 0 Å². The van der Waals surface area contributed by atoms with E-state index in [1.54, 1.807) is 0 Å². The number of aliphatic hydroxyl groups excluding tert-OH is 1. The summed E-state index contributed by atoms with van der Waals surface area (Å²) in [5.74, 6) is 0. The van der Waals surface area contributed by atoms with Crippen LogP contribution in [-0.4, -0.2) is 20.8 Å². The molecule has 4 nitrogen and oxygen atoms in total. The van der Waals surface area contributed by atoms with Crippen molar-refractivity contribution in [3.05, 3.63) is 28.9 Å². The van der Waals surface area contributed by atoms with Gasteiger partial charge in [0.1, 0.15) is 0 Å². The third-order valence-corrected chi connectivity index (χ3v) is 1.67. The van der Waals surface area contributed by atoms with E-state index >= 15 is 0 Å². The first-order chi connectivity index (χ1) is 5.74. The van der Waals surface area contributed by atoms with E-state index in [0.29, 0.717) is 13.0 Å². The Balaban J connectivity index is 2.76. The number of rotatable bonds is 3. The number of hydrogen-bond donors (Lipinski definition) is 1. The Labute approximate surface area is 70.5 Å². The minimum Gasteiger partial charge on any atom is -0.391 e. The number of aliphatic hydroxyl groups is 1. The summed E-state index contributed by atoms with van der Waals surface area (Å²) in [5.41, 5.74) is -0.127. The van der Waals surface area contributed by atoms with Crippen molar-refractivity contribution in [3.8, 4) is 0 Å². The average Bonchev–Trinajstić information content (AvgIpc) is 2.09. The molecule has 1 N–H and O–H groups in total. The van der Waals surface area contributed by atoms with E-state index in [2.05, 4.69) is 4.98 Å². The molecule has 1 unspecified atom stereocenters. The van der Waals surface area contributed by atoms with Gasteiger partial charge >= 0.3 is 0 Å². The lowest BCUT2D eigenvalue weighted by atomic mass is 10.3. The van der Waals surface area contributed by atoms with Crippen molar-refractivity contribution in [2.75, 3.05) is 0 Å². The molecule has 0 saturated heterocycles. The lowest BCUT2D eigenvalue weighted by Crippen LogP contribution is -2.25. The highest BCUT2D eigenvalue weighted by molar-refractivity contribution is 4.82. The molecule has 0 bridgehead atoms. The second kappa shape index (κ2) is 4.01. The Morgan fingerprint density at radius 2 is 2.50 bits per heavy atom. The van der Waals surface area contributed by atoms with Crippen LogP contribution in [-0.2, 0) is 6.54 Å². The Morgan fingerprint density at radius 3 is 3.08 bits per heavy atom. The quantitative estimate of drug-likeness (QED) is 0.692. The lowest BCUT2D eigenvalue weighted by molar-refractivity contribution is 0.148. The molecule has 1 rings (SSSR count). The predicted molar refractivity (Wildman–Crippen MR) is 44.8 cm³/mol. The molecule has 0 aliphatic heterocycles. The standard InChI is InChI=1S/C8H12N2O2/c1-2-7(11)5-10-6-9-4-3-8(10)12/h3-4,6-7,11H,2,5H2,1H3. The van der Waals surface area contributed by atoms with Gasteiger partial charge in [0.05, 0.1) is 19.0 Å². The minimum atomic E-state index is -0.466. The molecule has 0 aliphatic rings. The molecule has 0 fully saturated rings. The molecular formula is C8H12N2O2. The molecule has 0 radical (unpaired) electrons. The third-order valence-electron chi connectivity index (χ3n) is 1.67. The molecule has 66 valence electrons. The lowest BCUT2D eigenvalue weighted by Gasteiger charge is -2.08. The van der Waals surface area contributed by atoms with Crippen molar-refractivity contribution in [2.24, 2.45) is 0 Å². The summed E-state index contributed by atoms with van der Waals surface area (Å²) in [6.45, 7) is 2.19. The first kappa shape index (κ1) is 8.93. The van der Waals surface area contributed by atoms with Gasteiger partial charge in [0, 0.05) is 12.3 Å². The van der Waals surface area contributed by atoms with Crippen LogP contribution in [0.4, 0.5) is 0 Å². The van der Waals surface area contributed by atoms with Gasteiger partial charge in [-0.2, -0.15) is 0 Å². The van der Waals surface area contributed by atoms with E-state index in [4.69, 9.17) is 0 Å². The topological polar surface area (TPSA) is 55.1 Å². The summed E-state index contributed by atoms with van der Waals surface area (Å²) >= 11 is 0. The van der Waals surface area contributed by atoms with Crippen molar-refractivity contribution in [1.29, 1.82) is 0 Å². The highest BCUT2D eigenvalue weighted by Gasteiger charge is 2.02. The van der Waals surface area contributed by atoms with Gasteiger partial charge in [-0.3, -0.25) is 9.36 Å². The van der Waals surface area contributed by atoms with Crippen LogP contribution in [0.15, 0.2) is 23.4 Å². The van der Waals surface area contributed by atoms with Gasteiger partial charge in [0.2, 0.25) is 0 Å². The molecule has 0 aromatic carbocycles. The number of nitrogens with zero attached hydrogens (tertiary/aromatic N) is 2. The molecular weight excluding hydrogens is 156 g/mol. The summed E-state index contributed by atoms with van der Waals surface area (Å²) in [6.07, 6.45) is 3.05. The second-order valence-corrected chi connectivity index (χ2v) is 2.63. The zero-order valence-corrected chi connectivity index (χ0v) is 6.97. The van der Waals surface area contributed by atoms with E-state index in [-0.39, 0.29) is 5.56 Å². The van der Waals surface area contributed by atoms with Gasteiger partial charge in [0.15, 0.2) is 0 Å². The molecule has 0 saturated carbocycles. The fraction of sp³-hybridized carbons (Fsp3) is 0.500. The maximum Gasteiger partial charge on any atom is 0.253 e. The smallest absolute Gasteiger partial charge is 0.253 e. The SMILES string of the molecule is CCC(O)Cn1cnccc1=O. The highest BCUT2D eigenvalue weighted by Crippen LogP contribution is 1.91. The molecule has 0 spiro atoms. The Kier molecular flexibility index (Phi) is 2.99.